The van der Waals surface area contributed by atoms with Gasteiger partial charge in [-0.15, -0.1) is 0 Å². The molecule has 1 aromatic rings. The van der Waals surface area contributed by atoms with Crippen LogP contribution in [0, 0.1) is 11.8 Å². The van der Waals surface area contributed by atoms with Gasteiger partial charge in [0.1, 0.15) is 0 Å². The monoisotopic (exact) mass is 352 g/mol. The fourth-order valence-corrected chi connectivity index (χ4v) is 3.85. The molecule has 21 heavy (non-hydrogen) atoms. The summed E-state index contributed by atoms with van der Waals surface area (Å²) < 4.78 is 1.06. The van der Waals surface area contributed by atoms with Crippen LogP contribution in [0.3, 0.4) is 0 Å². The van der Waals surface area contributed by atoms with E-state index in [1.54, 1.807) is 0 Å². The first-order chi connectivity index (χ1) is 10.2. The first-order valence-corrected chi connectivity index (χ1v) is 8.84. The molecule has 1 aromatic heterocycles. The minimum absolute atomic E-state index is 0.133. The van der Waals surface area contributed by atoms with Gasteiger partial charge in [-0.25, -0.2) is 0 Å². The molecule has 4 rings (SSSR count). The molecule has 0 radical (unpaired) electrons. The molecule has 1 aliphatic carbocycles. The first-order valence-electron chi connectivity index (χ1n) is 7.90. The van der Waals surface area contributed by atoms with E-state index in [1.165, 1.54) is 38.8 Å². The number of rotatable bonds is 3. The zero-order chi connectivity index (χ0) is 14.7. The van der Waals surface area contributed by atoms with E-state index >= 15 is 0 Å². The minimum atomic E-state index is 0.133. The maximum atomic E-state index is 4.59. The molecule has 5 heteroatoms. The van der Waals surface area contributed by atoms with Gasteiger partial charge in [-0.2, -0.15) is 0 Å². The van der Waals surface area contributed by atoms with Crippen LogP contribution in [0.1, 0.15) is 44.3 Å². The molecule has 1 atom stereocenters. The predicted molar refractivity (Wildman–Crippen MR) is 87.4 cm³/mol. The topological polar surface area (TPSA) is 40.5 Å². The molecule has 3 aliphatic rings. The van der Waals surface area contributed by atoms with Gasteiger partial charge in [0.2, 0.25) is 0 Å². The number of nitrogens with one attached hydrogen (secondary N) is 1. The van der Waals surface area contributed by atoms with Gasteiger partial charge in [0, 0.05) is 0 Å². The molecule has 1 unspecified atom stereocenters. The zero-order valence-electron chi connectivity index (χ0n) is 12.6. The molecule has 1 N–H and O–H groups in total. The summed E-state index contributed by atoms with van der Waals surface area (Å²) in [5, 5.41) is 4.59. The Kier molecular flexibility index (Phi) is 4.81. The number of amidine groups is 1. The average molecular weight is 351 g/mol. The molecular weight excluding hydrogens is 327 g/mol. The fourth-order valence-electron chi connectivity index (χ4n) is 3.38. The summed E-state index contributed by atoms with van der Waals surface area (Å²) in [5.41, 5.74) is 4.26. The van der Waals surface area contributed by atoms with Crippen molar-refractivity contribution >= 4 is 20.7 Å². The Hall–Kier alpha value is -1.06. The molecular formula is C16H24N4Se. The summed E-state index contributed by atoms with van der Waals surface area (Å²) in [6.07, 6.45) is 7.43. The van der Waals surface area contributed by atoms with Crippen molar-refractivity contribution in [3.63, 3.8) is 0 Å². The molecule has 114 valence electrons. The van der Waals surface area contributed by atoms with Gasteiger partial charge in [0.05, 0.1) is 0 Å². The number of hydrazone groups is 1. The molecule has 0 amide bonds. The summed E-state index contributed by atoms with van der Waals surface area (Å²) in [5.74, 6) is 1.73. The van der Waals surface area contributed by atoms with Crippen LogP contribution < -0.4 is 5.43 Å². The number of hydrogen-bond acceptors (Lipinski definition) is 3. The molecule has 0 spiro atoms. The molecule has 1 saturated carbocycles. The summed E-state index contributed by atoms with van der Waals surface area (Å²) >= 11 is 2.64. The van der Waals surface area contributed by atoms with Crippen molar-refractivity contribution < 1.29 is 0 Å². The van der Waals surface area contributed by atoms with Crippen LogP contribution in [0.5, 0.6) is 0 Å². The van der Waals surface area contributed by atoms with E-state index in [4.69, 9.17) is 0 Å². The summed E-state index contributed by atoms with van der Waals surface area (Å²) in [7, 11) is 0. The molecule has 2 bridgehead atoms. The SMILES string of the molecule is CC(N/N=C(\[SeH])N1CC2CCC(CC2)C1)c1ccccn1. The number of hydrogen-bond donors (Lipinski definition) is 1. The van der Waals surface area contributed by atoms with Crippen LogP contribution in [0.15, 0.2) is 29.5 Å². The second kappa shape index (κ2) is 6.80. The van der Waals surface area contributed by atoms with E-state index in [-0.39, 0.29) is 6.04 Å². The van der Waals surface area contributed by atoms with E-state index in [0.717, 1.165) is 22.3 Å². The Morgan fingerprint density at radius 3 is 2.52 bits per heavy atom. The van der Waals surface area contributed by atoms with Crippen LogP contribution in [0.25, 0.3) is 0 Å². The van der Waals surface area contributed by atoms with Crippen molar-refractivity contribution in [3.05, 3.63) is 30.1 Å². The molecule has 4 nitrogen and oxygen atoms in total. The number of aromatic nitrogens is 1. The number of nitrogens with zero attached hydrogens (tertiary/aromatic N) is 3. The molecule has 2 saturated heterocycles. The van der Waals surface area contributed by atoms with Crippen molar-refractivity contribution in [3.8, 4) is 0 Å². The average Bonchev–Trinajstić information content (AvgIpc) is 2.87. The van der Waals surface area contributed by atoms with Crippen LogP contribution in [0.4, 0.5) is 0 Å². The Morgan fingerprint density at radius 1 is 1.29 bits per heavy atom. The quantitative estimate of drug-likeness (QED) is 0.392. The Bertz CT molecular complexity index is 468. The predicted octanol–water partition coefficient (Wildman–Crippen LogP) is 2.03. The standard InChI is InChI=1S/C16H24N4Se/c1-12(15-4-2-3-9-17-15)18-19-16(21)20-10-13-5-6-14(11-20)8-7-13/h2-4,9,12-14,18H,5-8,10-11H2,1H3,(H,19,21). The molecule has 0 aromatic carbocycles. The van der Waals surface area contributed by atoms with Crippen LogP contribution in [-0.4, -0.2) is 43.7 Å². The third-order valence-corrected chi connectivity index (χ3v) is 5.50. The normalized spacial score (nSPS) is 27.3. The summed E-state index contributed by atoms with van der Waals surface area (Å²) in [4.78, 5) is 6.82. The van der Waals surface area contributed by atoms with E-state index in [0.29, 0.717) is 0 Å². The van der Waals surface area contributed by atoms with Crippen molar-refractivity contribution in [1.82, 2.24) is 15.3 Å². The number of pyridine rings is 1. The van der Waals surface area contributed by atoms with Gasteiger partial charge in [0.15, 0.2) is 0 Å². The van der Waals surface area contributed by atoms with E-state index in [1.807, 2.05) is 24.4 Å². The van der Waals surface area contributed by atoms with Crippen molar-refractivity contribution in [2.75, 3.05) is 13.1 Å². The van der Waals surface area contributed by atoms with Gasteiger partial charge in [-0.1, -0.05) is 0 Å². The van der Waals surface area contributed by atoms with Gasteiger partial charge < -0.3 is 0 Å². The van der Waals surface area contributed by atoms with Crippen LogP contribution in [0.2, 0.25) is 0 Å². The van der Waals surface area contributed by atoms with Gasteiger partial charge in [-0.3, -0.25) is 0 Å². The second-order valence-electron chi connectivity index (χ2n) is 6.31. The van der Waals surface area contributed by atoms with Crippen molar-refractivity contribution in [2.24, 2.45) is 16.9 Å². The van der Waals surface area contributed by atoms with Crippen LogP contribution >= 0.6 is 0 Å². The second-order valence-corrected chi connectivity index (χ2v) is 7.15. The summed E-state index contributed by atoms with van der Waals surface area (Å²) in [6.45, 7) is 4.44. The first kappa shape index (κ1) is 14.9. The fraction of sp³-hybridized carbons (Fsp3) is 0.625. The van der Waals surface area contributed by atoms with E-state index in [2.05, 4.69) is 43.3 Å². The van der Waals surface area contributed by atoms with Gasteiger partial charge >= 0.3 is 135 Å². The number of fused-ring (bicyclic) bond motifs is 4. The van der Waals surface area contributed by atoms with E-state index in [9.17, 15) is 0 Å². The Balaban J connectivity index is 1.60. The van der Waals surface area contributed by atoms with Crippen molar-refractivity contribution in [2.45, 2.75) is 38.6 Å². The van der Waals surface area contributed by atoms with Gasteiger partial charge in [0.25, 0.3) is 0 Å². The Labute approximate surface area is 135 Å². The van der Waals surface area contributed by atoms with Crippen LogP contribution in [-0.2, 0) is 0 Å². The molecule has 2 aliphatic heterocycles. The zero-order valence-corrected chi connectivity index (χ0v) is 14.4. The van der Waals surface area contributed by atoms with Gasteiger partial charge in [-0.05, 0) is 0 Å². The molecule has 3 fully saturated rings. The third-order valence-electron chi connectivity index (χ3n) is 4.70. The maximum absolute atomic E-state index is 4.59. The Morgan fingerprint density at radius 2 is 1.95 bits per heavy atom. The summed E-state index contributed by atoms with van der Waals surface area (Å²) in [6, 6.07) is 6.12. The third kappa shape index (κ3) is 3.78. The van der Waals surface area contributed by atoms with E-state index < -0.39 is 0 Å². The van der Waals surface area contributed by atoms with Crippen molar-refractivity contribution in [1.29, 1.82) is 0 Å². The molecule has 3 heterocycles.